The Morgan fingerprint density at radius 3 is 2.62 bits per heavy atom. The van der Waals surface area contributed by atoms with Crippen LogP contribution in [0.5, 0.6) is 5.75 Å². The van der Waals surface area contributed by atoms with Crippen molar-refractivity contribution in [1.29, 1.82) is 0 Å². The van der Waals surface area contributed by atoms with E-state index < -0.39 is 0 Å². The number of halogens is 2. The average Bonchev–Trinajstić information content (AvgIpc) is 2.44. The molecule has 0 saturated heterocycles. The standard InChI is InChI=1S/C17H17ClFNO/c1-21-17-7-6-12(10-16(17)19)20-13-8-11(9-13)14-4-2-3-5-15(14)18/h2-7,10-11,13,20H,8-9H2,1H3. The Morgan fingerprint density at radius 2 is 1.95 bits per heavy atom. The van der Waals surface area contributed by atoms with Crippen molar-refractivity contribution in [3.63, 3.8) is 0 Å². The fourth-order valence-electron chi connectivity index (χ4n) is 2.79. The van der Waals surface area contributed by atoms with E-state index in [-0.39, 0.29) is 11.6 Å². The summed E-state index contributed by atoms with van der Waals surface area (Å²) in [6.45, 7) is 0. The molecule has 0 heterocycles. The molecule has 0 amide bonds. The van der Waals surface area contributed by atoms with Gasteiger partial charge in [-0.05, 0) is 42.5 Å². The van der Waals surface area contributed by atoms with E-state index in [0.717, 1.165) is 23.6 Å². The van der Waals surface area contributed by atoms with Crippen molar-refractivity contribution in [1.82, 2.24) is 0 Å². The van der Waals surface area contributed by atoms with Gasteiger partial charge in [0, 0.05) is 22.8 Å². The molecule has 2 aromatic carbocycles. The van der Waals surface area contributed by atoms with E-state index in [1.165, 1.54) is 18.7 Å². The molecule has 4 heteroatoms. The fourth-order valence-corrected chi connectivity index (χ4v) is 3.08. The number of ether oxygens (including phenoxy) is 1. The predicted octanol–water partition coefficient (Wildman–Crippen LogP) is 4.85. The number of methoxy groups -OCH3 is 1. The molecule has 1 aliphatic carbocycles. The Bertz CT molecular complexity index is 640. The van der Waals surface area contributed by atoms with Crippen molar-refractivity contribution in [2.75, 3.05) is 12.4 Å². The van der Waals surface area contributed by atoms with Gasteiger partial charge in [-0.3, -0.25) is 0 Å². The lowest BCUT2D eigenvalue weighted by Gasteiger charge is -2.37. The van der Waals surface area contributed by atoms with Crippen LogP contribution < -0.4 is 10.1 Å². The van der Waals surface area contributed by atoms with E-state index in [9.17, 15) is 4.39 Å². The molecule has 1 N–H and O–H groups in total. The first-order chi connectivity index (χ1) is 10.2. The molecule has 1 fully saturated rings. The van der Waals surface area contributed by atoms with Gasteiger partial charge in [0.15, 0.2) is 11.6 Å². The molecule has 1 saturated carbocycles. The average molecular weight is 306 g/mol. The van der Waals surface area contributed by atoms with E-state index in [1.807, 2.05) is 24.3 Å². The summed E-state index contributed by atoms with van der Waals surface area (Å²) < 4.78 is 18.6. The first-order valence-electron chi connectivity index (χ1n) is 7.02. The first-order valence-corrected chi connectivity index (χ1v) is 7.39. The van der Waals surface area contributed by atoms with Crippen molar-refractivity contribution >= 4 is 17.3 Å². The molecule has 0 aromatic heterocycles. The van der Waals surface area contributed by atoms with Crippen LogP contribution in [0.25, 0.3) is 0 Å². The molecule has 0 atom stereocenters. The van der Waals surface area contributed by atoms with Crippen LogP contribution in [-0.2, 0) is 0 Å². The third kappa shape index (κ3) is 2.98. The van der Waals surface area contributed by atoms with Crippen LogP contribution >= 0.6 is 11.6 Å². The zero-order valence-corrected chi connectivity index (χ0v) is 12.5. The zero-order chi connectivity index (χ0) is 14.8. The summed E-state index contributed by atoms with van der Waals surface area (Å²) in [5.41, 5.74) is 1.99. The Kier molecular flexibility index (Phi) is 4.02. The van der Waals surface area contributed by atoms with E-state index in [1.54, 1.807) is 6.07 Å². The van der Waals surface area contributed by atoms with Gasteiger partial charge >= 0.3 is 0 Å². The van der Waals surface area contributed by atoms with Crippen molar-refractivity contribution in [3.05, 3.63) is 58.9 Å². The first kappa shape index (κ1) is 14.2. The maximum atomic E-state index is 13.6. The molecular weight excluding hydrogens is 289 g/mol. The van der Waals surface area contributed by atoms with Crippen LogP contribution in [0.1, 0.15) is 24.3 Å². The molecule has 0 unspecified atom stereocenters. The zero-order valence-electron chi connectivity index (χ0n) is 11.8. The number of nitrogens with one attached hydrogen (secondary N) is 1. The Balaban J connectivity index is 1.60. The second kappa shape index (κ2) is 5.94. The van der Waals surface area contributed by atoms with Gasteiger partial charge in [0.25, 0.3) is 0 Å². The summed E-state index contributed by atoms with van der Waals surface area (Å²) in [6.07, 6.45) is 2.02. The molecule has 110 valence electrons. The number of rotatable bonds is 4. The van der Waals surface area contributed by atoms with Crippen LogP contribution in [0.4, 0.5) is 10.1 Å². The normalized spacial score (nSPS) is 20.7. The highest BCUT2D eigenvalue weighted by Crippen LogP contribution is 2.41. The smallest absolute Gasteiger partial charge is 0.167 e. The second-order valence-electron chi connectivity index (χ2n) is 5.38. The van der Waals surface area contributed by atoms with Crippen molar-refractivity contribution in [2.24, 2.45) is 0 Å². The van der Waals surface area contributed by atoms with Gasteiger partial charge in [0.05, 0.1) is 7.11 Å². The Labute approximate surface area is 128 Å². The van der Waals surface area contributed by atoms with Crippen LogP contribution in [0.3, 0.4) is 0 Å². The number of anilines is 1. The molecule has 0 radical (unpaired) electrons. The molecule has 21 heavy (non-hydrogen) atoms. The quantitative estimate of drug-likeness (QED) is 0.872. The maximum Gasteiger partial charge on any atom is 0.167 e. The summed E-state index contributed by atoms with van der Waals surface area (Å²) in [5.74, 6) is 0.409. The van der Waals surface area contributed by atoms with Crippen LogP contribution in [0, 0.1) is 5.82 Å². The molecule has 2 aromatic rings. The molecule has 2 nitrogen and oxygen atoms in total. The molecule has 0 bridgehead atoms. The van der Waals surface area contributed by atoms with Crippen LogP contribution in [-0.4, -0.2) is 13.2 Å². The third-order valence-electron chi connectivity index (χ3n) is 4.01. The molecule has 3 rings (SSSR count). The largest absolute Gasteiger partial charge is 0.494 e. The molecule has 0 spiro atoms. The maximum absolute atomic E-state index is 13.6. The number of hydrogen-bond acceptors (Lipinski definition) is 2. The second-order valence-corrected chi connectivity index (χ2v) is 5.79. The van der Waals surface area contributed by atoms with Crippen LogP contribution in [0.2, 0.25) is 5.02 Å². The number of hydrogen-bond donors (Lipinski definition) is 1. The minimum Gasteiger partial charge on any atom is -0.494 e. The highest BCUT2D eigenvalue weighted by Gasteiger charge is 2.31. The SMILES string of the molecule is COc1ccc(NC2CC(c3ccccc3Cl)C2)cc1F. The van der Waals surface area contributed by atoms with Gasteiger partial charge in [0.1, 0.15) is 0 Å². The van der Waals surface area contributed by atoms with Crippen molar-refractivity contribution < 1.29 is 9.13 Å². The van der Waals surface area contributed by atoms with E-state index >= 15 is 0 Å². The summed E-state index contributed by atoms with van der Waals surface area (Å²) in [5, 5.41) is 4.18. The van der Waals surface area contributed by atoms with E-state index in [0.29, 0.717) is 12.0 Å². The van der Waals surface area contributed by atoms with Crippen LogP contribution in [0.15, 0.2) is 42.5 Å². The van der Waals surface area contributed by atoms with Gasteiger partial charge in [-0.1, -0.05) is 29.8 Å². The lowest BCUT2D eigenvalue weighted by atomic mass is 9.76. The lowest BCUT2D eigenvalue weighted by Crippen LogP contribution is -2.34. The molecule has 1 aliphatic rings. The summed E-state index contributed by atoms with van der Waals surface area (Å²) in [6, 6.07) is 13.3. The van der Waals surface area contributed by atoms with Gasteiger partial charge in [0.2, 0.25) is 0 Å². The third-order valence-corrected chi connectivity index (χ3v) is 4.35. The fraction of sp³-hybridized carbons (Fsp3) is 0.294. The molecule has 0 aliphatic heterocycles. The van der Waals surface area contributed by atoms with Crippen molar-refractivity contribution in [3.8, 4) is 5.75 Å². The minimum atomic E-state index is -0.343. The Hall–Kier alpha value is -1.74. The van der Waals surface area contributed by atoms with Gasteiger partial charge in [-0.2, -0.15) is 0 Å². The topological polar surface area (TPSA) is 21.3 Å². The van der Waals surface area contributed by atoms with Crippen molar-refractivity contribution in [2.45, 2.75) is 24.8 Å². The number of benzene rings is 2. The van der Waals surface area contributed by atoms with E-state index in [2.05, 4.69) is 11.4 Å². The van der Waals surface area contributed by atoms with Gasteiger partial charge in [-0.15, -0.1) is 0 Å². The highest BCUT2D eigenvalue weighted by atomic mass is 35.5. The highest BCUT2D eigenvalue weighted by molar-refractivity contribution is 6.31. The summed E-state index contributed by atoms with van der Waals surface area (Å²) >= 11 is 6.21. The minimum absolute atomic E-state index is 0.267. The van der Waals surface area contributed by atoms with Gasteiger partial charge < -0.3 is 10.1 Å². The predicted molar refractivity (Wildman–Crippen MR) is 83.8 cm³/mol. The molecular formula is C17H17ClFNO. The van der Waals surface area contributed by atoms with Gasteiger partial charge in [-0.25, -0.2) is 4.39 Å². The lowest BCUT2D eigenvalue weighted by molar-refractivity contribution is 0.373. The summed E-state index contributed by atoms with van der Waals surface area (Å²) in [4.78, 5) is 0. The van der Waals surface area contributed by atoms with E-state index in [4.69, 9.17) is 16.3 Å². The summed E-state index contributed by atoms with van der Waals surface area (Å²) in [7, 11) is 1.46. The Morgan fingerprint density at radius 1 is 1.19 bits per heavy atom. The monoisotopic (exact) mass is 305 g/mol.